The molecule has 0 spiro atoms. The van der Waals surface area contributed by atoms with Gasteiger partial charge in [-0.05, 0) is 43.4 Å². The molecule has 0 saturated heterocycles. The molecule has 1 aliphatic carbocycles. The van der Waals surface area contributed by atoms with Crippen LogP contribution in [-0.2, 0) is 6.54 Å². The van der Waals surface area contributed by atoms with Gasteiger partial charge in [-0.25, -0.2) is 0 Å². The van der Waals surface area contributed by atoms with E-state index in [0.29, 0.717) is 6.04 Å². The third kappa shape index (κ3) is 3.31. The summed E-state index contributed by atoms with van der Waals surface area (Å²) < 4.78 is 0. The molecule has 1 saturated carbocycles. The Balaban J connectivity index is 1.57. The van der Waals surface area contributed by atoms with Crippen molar-refractivity contribution < 1.29 is 0 Å². The lowest BCUT2D eigenvalue weighted by atomic mass is 10.00. The van der Waals surface area contributed by atoms with E-state index in [0.717, 1.165) is 12.5 Å². The van der Waals surface area contributed by atoms with Gasteiger partial charge in [0.2, 0.25) is 0 Å². The first kappa shape index (κ1) is 13.8. The average molecular weight is 285 g/mol. The molecule has 1 aliphatic rings. The number of rotatable bonds is 5. The monoisotopic (exact) mass is 285 g/mol. The van der Waals surface area contributed by atoms with E-state index in [-0.39, 0.29) is 0 Å². The minimum Gasteiger partial charge on any atom is -0.309 e. The van der Waals surface area contributed by atoms with Gasteiger partial charge in [0.1, 0.15) is 0 Å². The van der Waals surface area contributed by atoms with Crippen molar-refractivity contribution in [3.05, 3.63) is 47.3 Å². The Labute approximate surface area is 126 Å². The second-order valence-electron chi connectivity index (χ2n) is 5.85. The number of nitrogens with one attached hydrogen (secondary N) is 1. The van der Waals surface area contributed by atoms with Crippen molar-refractivity contribution in [2.45, 2.75) is 45.2 Å². The number of hydrogen-bond acceptors (Lipinski definition) is 2. The molecule has 0 bridgehead atoms. The summed E-state index contributed by atoms with van der Waals surface area (Å²) in [4.78, 5) is 2.81. The van der Waals surface area contributed by atoms with Crippen LogP contribution in [0.5, 0.6) is 0 Å². The fourth-order valence-electron chi connectivity index (χ4n) is 3.12. The van der Waals surface area contributed by atoms with Gasteiger partial charge in [-0.3, -0.25) is 0 Å². The Kier molecular flexibility index (Phi) is 4.54. The number of hydrogen-bond donors (Lipinski definition) is 1. The van der Waals surface area contributed by atoms with E-state index in [4.69, 9.17) is 0 Å². The first-order valence-electron chi connectivity index (χ1n) is 7.70. The molecule has 3 rings (SSSR count). The zero-order valence-electron chi connectivity index (χ0n) is 12.1. The molecular weight excluding hydrogens is 262 g/mol. The summed E-state index contributed by atoms with van der Waals surface area (Å²) in [5.74, 6) is 0.892. The zero-order chi connectivity index (χ0) is 13.8. The van der Waals surface area contributed by atoms with Gasteiger partial charge >= 0.3 is 0 Å². The first-order valence-corrected chi connectivity index (χ1v) is 8.52. The topological polar surface area (TPSA) is 12.0 Å². The standard InChI is InChI=1S/C18H23NS/c1-14(15-7-5-6-8-15)19-13-17-11-12-18(20-17)16-9-3-2-4-10-16/h2-4,9-12,14-15,19H,5-8,13H2,1H3/t14-/m0/s1. The van der Waals surface area contributed by atoms with E-state index in [2.05, 4.69) is 54.7 Å². The minimum absolute atomic E-state index is 0.653. The lowest BCUT2D eigenvalue weighted by Crippen LogP contribution is -2.31. The SMILES string of the molecule is C[C@H](NCc1ccc(-c2ccccc2)s1)C1CCCC1. The maximum atomic E-state index is 3.72. The summed E-state index contributed by atoms with van der Waals surface area (Å²) in [5.41, 5.74) is 1.33. The van der Waals surface area contributed by atoms with E-state index in [1.54, 1.807) is 0 Å². The maximum Gasteiger partial charge on any atom is 0.0346 e. The molecule has 1 aromatic heterocycles. The van der Waals surface area contributed by atoms with Crippen LogP contribution in [-0.4, -0.2) is 6.04 Å². The van der Waals surface area contributed by atoms with Gasteiger partial charge in [0.15, 0.2) is 0 Å². The first-order chi connectivity index (χ1) is 9.83. The fraction of sp³-hybridized carbons (Fsp3) is 0.444. The third-order valence-corrected chi connectivity index (χ3v) is 5.56. The zero-order valence-corrected chi connectivity index (χ0v) is 13.0. The lowest BCUT2D eigenvalue weighted by molar-refractivity contribution is 0.381. The second kappa shape index (κ2) is 6.55. The van der Waals surface area contributed by atoms with Gasteiger partial charge in [-0.2, -0.15) is 0 Å². The second-order valence-corrected chi connectivity index (χ2v) is 7.01. The van der Waals surface area contributed by atoms with Gasteiger partial charge in [0, 0.05) is 22.3 Å². The molecule has 1 fully saturated rings. The van der Waals surface area contributed by atoms with Crippen molar-refractivity contribution in [3.8, 4) is 10.4 Å². The largest absolute Gasteiger partial charge is 0.309 e. The maximum absolute atomic E-state index is 3.72. The molecule has 0 radical (unpaired) electrons. The van der Waals surface area contributed by atoms with Gasteiger partial charge < -0.3 is 5.32 Å². The van der Waals surface area contributed by atoms with E-state index < -0.39 is 0 Å². The molecule has 1 atom stereocenters. The van der Waals surface area contributed by atoms with Gasteiger partial charge in [-0.1, -0.05) is 43.2 Å². The summed E-state index contributed by atoms with van der Waals surface area (Å²) >= 11 is 1.91. The highest BCUT2D eigenvalue weighted by Crippen LogP contribution is 2.29. The van der Waals surface area contributed by atoms with Gasteiger partial charge in [0.05, 0.1) is 0 Å². The van der Waals surface area contributed by atoms with Crippen molar-refractivity contribution in [2.75, 3.05) is 0 Å². The third-order valence-electron chi connectivity index (χ3n) is 4.43. The molecule has 0 amide bonds. The molecule has 1 nitrogen and oxygen atoms in total. The summed E-state index contributed by atoms with van der Waals surface area (Å²) in [6.45, 7) is 3.36. The Hall–Kier alpha value is -1.12. The Morgan fingerprint density at radius 1 is 1.10 bits per heavy atom. The van der Waals surface area contributed by atoms with Crippen molar-refractivity contribution in [2.24, 2.45) is 5.92 Å². The molecular formula is C18H23NS. The molecule has 2 heteroatoms. The van der Waals surface area contributed by atoms with Gasteiger partial charge in [-0.15, -0.1) is 11.3 Å². The van der Waals surface area contributed by atoms with Gasteiger partial charge in [0.25, 0.3) is 0 Å². The van der Waals surface area contributed by atoms with E-state index in [1.165, 1.54) is 41.0 Å². The van der Waals surface area contributed by atoms with Crippen molar-refractivity contribution in [1.82, 2.24) is 5.32 Å². The van der Waals surface area contributed by atoms with Crippen LogP contribution in [0, 0.1) is 5.92 Å². The fourth-order valence-corrected chi connectivity index (χ4v) is 4.08. The molecule has 1 aromatic carbocycles. The van der Waals surface area contributed by atoms with Crippen LogP contribution in [0.25, 0.3) is 10.4 Å². The Morgan fingerprint density at radius 2 is 1.85 bits per heavy atom. The predicted octanol–water partition coefficient (Wildman–Crippen LogP) is 5.08. The smallest absolute Gasteiger partial charge is 0.0346 e. The number of thiophene rings is 1. The highest BCUT2D eigenvalue weighted by Gasteiger charge is 2.20. The molecule has 0 aliphatic heterocycles. The van der Waals surface area contributed by atoms with Crippen LogP contribution in [0.3, 0.4) is 0 Å². The van der Waals surface area contributed by atoms with Crippen LogP contribution in [0.1, 0.15) is 37.5 Å². The Bertz CT molecular complexity index is 525. The summed E-state index contributed by atoms with van der Waals surface area (Å²) in [6, 6.07) is 15.8. The highest BCUT2D eigenvalue weighted by atomic mass is 32.1. The number of benzene rings is 1. The molecule has 20 heavy (non-hydrogen) atoms. The van der Waals surface area contributed by atoms with Crippen LogP contribution >= 0.6 is 11.3 Å². The molecule has 2 aromatic rings. The normalized spacial score (nSPS) is 17.4. The molecule has 1 heterocycles. The minimum atomic E-state index is 0.653. The van der Waals surface area contributed by atoms with E-state index >= 15 is 0 Å². The lowest BCUT2D eigenvalue weighted by Gasteiger charge is -2.19. The molecule has 106 valence electrons. The summed E-state index contributed by atoms with van der Waals surface area (Å²) in [6.07, 6.45) is 5.67. The van der Waals surface area contributed by atoms with E-state index in [1.807, 2.05) is 11.3 Å². The van der Waals surface area contributed by atoms with Crippen LogP contribution < -0.4 is 5.32 Å². The summed E-state index contributed by atoms with van der Waals surface area (Å²) in [7, 11) is 0. The van der Waals surface area contributed by atoms with Crippen LogP contribution in [0.15, 0.2) is 42.5 Å². The quantitative estimate of drug-likeness (QED) is 0.807. The predicted molar refractivity (Wildman–Crippen MR) is 88.0 cm³/mol. The molecule has 1 N–H and O–H groups in total. The average Bonchev–Trinajstić information content (AvgIpc) is 3.17. The molecule has 0 unspecified atom stereocenters. The van der Waals surface area contributed by atoms with Crippen molar-refractivity contribution in [3.63, 3.8) is 0 Å². The van der Waals surface area contributed by atoms with Crippen molar-refractivity contribution in [1.29, 1.82) is 0 Å². The van der Waals surface area contributed by atoms with Crippen LogP contribution in [0.4, 0.5) is 0 Å². The van der Waals surface area contributed by atoms with E-state index in [9.17, 15) is 0 Å². The van der Waals surface area contributed by atoms with Crippen LogP contribution in [0.2, 0.25) is 0 Å². The Morgan fingerprint density at radius 3 is 2.60 bits per heavy atom. The highest BCUT2D eigenvalue weighted by molar-refractivity contribution is 7.15. The van der Waals surface area contributed by atoms with Crippen molar-refractivity contribution >= 4 is 11.3 Å². The summed E-state index contributed by atoms with van der Waals surface area (Å²) in [5, 5.41) is 3.72.